The number of carbonyl (C=O) groups is 1. The highest BCUT2D eigenvalue weighted by molar-refractivity contribution is 7.98. The number of benzene rings is 2. The van der Waals surface area contributed by atoms with Gasteiger partial charge in [-0.2, -0.15) is 18.4 Å². The van der Waals surface area contributed by atoms with Crippen LogP contribution in [0.1, 0.15) is 5.56 Å². The molecule has 0 fully saturated rings. The lowest BCUT2D eigenvalue weighted by Gasteiger charge is -2.18. The quantitative estimate of drug-likeness (QED) is 0.284. The summed E-state index contributed by atoms with van der Waals surface area (Å²) in [5.41, 5.74) is 1.11. The molecule has 1 aromatic heterocycles. The van der Waals surface area contributed by atoms with Crippen molar-refractivity contribution in [3.63, 3.8) is 0 Å². The number of nitriles is 1. The lowest BCUT2D eigenvalue weighted by atomic mass is 10.2. The Labute approximate surface area is 218 Å². The third kappa shape index (κ3) is 6.80. The number of sulfonamides is 1. The summed E-state index contributed by atoms with van der Waals surface area (Å²) >= 11 is 7.31. The number of nitrogens with zero attached hydrogens (tertiary/aromatic N) is 4. The minimum atomic E-state index is -5.37. The third-order valence-electron chi connectivity index (χ3n) is 4.54. The molecule has 3 rings (SSSR count). The van der Waals surface area contributed by atoms with Crippen LogP contribution in [0.25, 0.3) is 0 Å². The van der Waals surface area contributed by atoms with Crippen LogP contribution < -0.4 is 10.6 Å². The number of alkyl halides is 3. The molecule has 0 aliphatic rings. The summed E-state index contributed by atoms with van der Waals surface area (Å²) < 4.78 is 62.7. The van der Waals surface area contributed by atoms with Gasteiger partial charge in [0, 0.05) is 23.7 Å². The molecule has 0 atom stereocenters. The highest BCUT2D eigenvalue weighted by Crippen LogP contribution is 2.32. The Balaban J connectivity index is 1.86. The molecular formula is C21H16ClF3N6O4S2. The third-order valence-corrected chi connectivity index (χ3v) is 7.25. The second kappa shape index (κ2) is 11.2. The monoisotopic (exact) mass is 572 g/mol. The summed E-state index contributed by atoms with van der Waals surface area (Å²) in [6, 6.07) is 11.9. The first-order valence-electron chi connectivity index (χ1n) is 9.87. The zero-order chi connectivity index (χ0) is 27.4. The Morgan fingerprint density at radius 1 is 1.14 bits per heavy atom. The molecule has 2 aromatic carbocycles. The largest absolute Gasteiger partial charge is 0.492 e. The first-order valence-corrected chi connectivity index (χ1v) is 12.9. The van der Waals surface area contributed by atoms with E-state index in [2.05, 4.69) is 25.4 Å². The molecule has 0 saturated carbocycles. The molecule has 3 aromatic rings. The first kappa shape index (κ1) is 28.0. The molecule has 37 heavy (non-hydrogen) atoms. The van der Waals surface area contributed by atoms with Crippen molar-refractivity contribution in [2.75, 3.05) is 23.9 Å². The summed E-state index contributed by atoms with van der Waals surface area (Å²) in [5, 5.41) is 15.2. The van der Waals surface area contributed by atoms with Crippen LogP contribution in [-0.4, -0.2) is 48.3 Å². The lowest BCUT2D eigenvalue weighted by molar-refractivity contribution is -0.219. The number of hydrogen-bond acceptors (Lipinski definition) is 10. The van der Waals surface area contributed by atoms with Gasteiger partial charge in [0.15, 0.2) is 0 Å². The normalized spacial score (nSPS) is 11.6. The van der Waals surface area contributed by atoms with E-state index in [1.54, 1.807) is 12.3 Å². The van der Waals surface area contributed by atoms with E-state index < -0.39 is 27.1 Å². The molecule has 2 N–H and O–H groups in total. The van der Waals surface area contributed by atoms with Gasteiger partial charge in [-0.05, 0) is 47.1 Å². The molecule has 194 valence electrons. The second-order valence-electron chi connectivity index (χ2n) is 7.00. The molecule has 10 nitrogen and oxygen atoms in total. The highest BCUT2D eigenvalue weighted by Gasteiger charge is 2.43. The van der Waals surface area contributed by atoms with Crippen LogP contribution >= 0.6 is 23.4 Å². The van der Waals surface area contributed by atoms with Crippen LogP contribution in [0, 0.1) is 11.3 Å². The van der Waals surface area contributed by atoms with E-state index in [0.717, 1.165) is 12.1 Å². The van der Waals surface area contributed by atoms with Crippen LogP contribution in [0.5, 0.6) is 0 Å². The predicted octanol–water partition coefficient (Wildman–Crippen LogP) is 4.85. The lowest BCUT2D eigenvalue weighted by Crippen LogP contribution is -2.36. The fourth-order valence-corrected chi connectivity index (χ4v) is 4.50. The molecule has 0 saturated heterocycles. The number of halogens is 4. The smallest absolute Gasteiger partial charge is 0.345 e. The maximum atomic E-state index is 12.7. The van der Waals surface area contributed by atoms with Crippen molar-refractivity contribution in [2.24, 2.45) is 0 Å². The van der Waals surface area contributed by atoms with Crippen LogP contribution in [0.2, 0.25) is 5.02 Å². The highest BCUT2D eigenvalue weighted by atomic mass is 35.5. The average Bonchev–Trinajstić information content (AvgIpc) is 2.83. The van der Waals surface area contributed by atoms with Gasteiger partial charge in [-0.25, -0.2) is 23.2 Å². The topological polar surface area (TPSA) is 137 Å². The van der Waals surface area contributed by atoms with Crippen LogP contribution in [0.15, 0.2) is 58.6 Å². The molecule has 0 spiro atoms. The fourth-order valence-electron chi connectivity index (χ4n) is 2.77. The number of thioether (sulfide) groups is 1. The standard InChI is InChI=1S/C21H16ClF3N6O4S2/c1-31(35-20(32)21(23,24)25)37(33,34)14-5-6-17(36-2)16(8-14)30-19-9-18(27-11-28-19)29-13-4-3-12(10-26)15(22)7-13/h3-9,11H,1-2H3,(H2,27,28,29,30). The van der Waals surface area contributed by atoms with E-state index in [1.807, 2.05) is 6.07 Å². The van der Waals surface area contributed by atoms with E-state index in [9.17, 15) is 26.4 Å². The number of hydrogen-bond donors (Lipinski definition) is 2. The minimum Gasteiger partial charge on any atom is -0.345 e. The molecule has 0 aliphatic heterocycles. The maximum absolute atomic E-state index is 12.7. The van der Waals surface area contributed by atoms with Gasteiger partial charge in [0.05, 0.1) is 21.2 Å². The Kier molecular flexibility index (Phi) is 8.49. The Bertz CT molecular complexity index is 1480. The Hall–Kier alpha value is -3.58. The fraction of sp³-hybridized carbons (Fsp3) is 0.143. The van der Waals surface area contributed by atoms with Gasteiger partial charge in [-0.1, -0.05) is 11.6 Å². The Morgan fingerprint density at radius 2 is 1.81 bits per heavy atom. The van der Waals surface area contributed by atoms with Gasteiger partial charge in [0.1, 0.15) is 24.0 Å². The molecule has 1 heterocycles. The van der Waals surface area contributed by atoms with Crippen molar-refractivity contribution < 1.29 is 31.2 Å². The second-order valence-corrected chi connectivity index (χ2v) is 10.2. The van der Waals surface area contributed by atoms with Crippen molar-refractivity contribution >= 4 is 62.4 Å². The van der Waals surface area contributed by atoms with Crippen LogP contribution in [0.3, 0.4) is 0 Å². The molecular weight excluding hydrogens is 557 g/mol. The number of anilines is 4. The zero-order valence-electron chi connectivity index (χ0n) is 18.9. The van der Waals surface area contributed by atoms with Crippen molar-refractivity contribution in [1.82, 2.24) is 14.4 Å². The van der Waals surface area contributed by atoms with Gasteiger partial charge in [-0.3, -0.25) is 0 Å². The SMILES string of the molecule is CSc1ccc(S(=O)(=O)N(C)OC(=O)C(F)(F)F)cc1Nc1cc(Nc2ccc(C#N)c(Cl)c2)ncn1. The van der Waals surface area contributed by atoms with Gasteiger partial charge in [0.25, 0.3) is 10.0 Å². The Morgan fingerprint density at radius 3 is 2.41 bits per heavy atom. The van der Waals surface area contributed by atoms with E-state index in [1.165, 1.54) is 42.4 Å². The molecule has 0 amide bonds. The van der Waals surface area contributed by atoms with Crippen molar-refractivity contribution in [3.05, 3.63) is 59.4 Å². The average molecular weight is 573 g/mol. The van der Waals surface area contributed by atoms with Gasteiger partial charge in [-0.15, -0.1) is 11.8 Å². The van der Waals surface area contributed by atoms with Gasteiger partial charge < -0.3 is 15.5 Å². The summed E-state index contributed by atoms with van der Waals surface area (Å²) in [6.07, 6.45) is -2.41. The number of aromatic nitrogens is 2. The van der Waals surface area contributed by atoms with Gasteiger partial charge >= 0.3 is 12.1 Å². The maximum Gasteiger partial charge on any atom is 0.492 e. The van der Waals surface area contributed by atoms with Crippen molar-refractivity contribution in [3.8, 4) is 6.07 Å². The zero-order valence-corrected chi connectivity index (χ0v) is 21.3. The summed E-state index contributed by atoms with van der Waals surface area (Å²) in [5.74, 6) is -2.09. The van der Waals surface area contributed by atoms with E-state index in [4.69, 9.17) is 16.9 Å². The first-order chi connectivity index (χ1) is 17.3. The van der Waals surface area contributed by atoms with E-state index >= 15 is 0 Å². The summed E-state index contributed by atoms with van der Waals surface area (Å²) in [7, 11) is -3.96. The number of nitrogens with one attached hydrogen (secondary N) is 2. The molecule has 0 unspecified atom stereocenters. The number of hydroxylamine groups is 1. The predicted molar refractivity (Wildman–Crippen MR) is 130 cm³/mol. The van der Waals surface area contributed by atoms with E-state index in [0.29, 0.717) is 29.0 Å². The summed E-state index contributed by atoms with van der Waals surface area (Å²) in [4.78, 5) is 23.3. The number of rotatable bonds is 8. The van der Waals surface area contributed by atoms with Crippen LogP contribution in [-0.2, 0) is 19.7 Å². The molecule has 0 bridgehead atoms. The van der Waals surface area contributed by atoms with Crippen molar-refractivity contribution in [2.45, 2.75) is 16.0 Å². The summed E-state index contributed by atoms with van der Waals surface area (Å²) in [6.45, 7) is 0. The van der Waals surface area contributed by atoms with Crippen LogP contribution in [0.4, 0.5) is 36.2 Å². The molecule has 0 radical (unpaired) electrons. The minimum absolute atomic E-state index is 0.157. The van der Waals surface area contributed by atoms with Gasteiger partial charge in [0.2, 0.25) is 0 Å². The molecule has 16 heteroatoms. The number of carbonyl (C=O) groups excluding carboxylic acids is 1. The molecule has 0 aliphatic carbocycles. The van der Waals surface area contributed by atoms with Crippen molar-refractivity contribution in [1.29, 1.82) is 5.26 Å². The van der Waals surface area contributed by atoms with E-state index in [-0.39, 0.29) is 21.0 Å².